The Morgan fingerprint density at radius 2 is 1.79 bits per heavy atom. The van der Waals surface area contributed by atoms with E-state index in [4.69, 9.17) is 0 Å². The monoisotopic (exact) mass is 435 g/mol. The first-order valence-electron chi connectivity index (χ1n) is 10.8. The molecule has 1 unspecified atom stereocenters. The van der Waals surface area contributed by atoms with Gasteiger partial charge in [0.25, 0.3) is 0 Å². The Labute approximate surface area is 192 Å². The van der Waals surface area contributed by atoms with Crippen LogP contribution in [0.2, 0.25) is 0 Å². The largest absolute Gasteiger partial charge is 0.478 e. The number of allylic oxidation sites excluding steroid dienone is 12. The molecular weight excluding hydrogens is 412 g/mol. The van der Waals surface area contributed by atoms with Crippen LogP contribution in [0.3, 0.4) is 0 Å². The van der Waals surface area contributed by atoms with Crippen LogP contribution in [0, 0.1) is 0 Å². The van der Waals surface area contributed by atoms with Gasteiger partial charge in [0.1, 0.15) is 14.1 Å². The summed E-state index contributed by atoms with van der Waals surface area (Å²) in [5, 5.41) is 9.54. The average Bonchev–Trinajstić information content (AvgIpc) is 3.21. The lowest BCUT2D eigenvalue weighted by atomic mass is 9.80. The number of carboxylic acid groups (broad SMARTS) is 1. The predicted octanol–water partition coefficient (Wildman–Crippen LogP) is 3.96. The molecule has 0 aliphatic heterocycles. The Hall–Kier alpha value is -4.12. The summed E-state index contributed by atoms with van der Waals surface area (Å²) >= 11 is 0. The Morgan fingerprint density at radius 3 is 2.45 bits per heavy atom. The van der Waals surface area contributed by atoms with Gasteiger partial charge in [-0.2, -0.15) is 0 Å². The standard InChI is InChI=1S/C28H22N2O3/c1-30(2)21-12-6-17(7-13-21)16-29-20-10-8-18(9-11-20)23-14-19-4-3-5-22-24(28(32)33)15-25(31)27(23)26(19)22/h3-13,15-16,27H,14H2,1-2H3/p+1. The molecule has 1 atom stereocenters. The highest BCUT2D eigenvalue weighted by atomic mass is 16.4. The second-order valence-electron chi connectivity index (χ2n) is 8.57. The summed E-state index contributed by atoms with van der Waals surface area (Å²) in [6.45, 7) is 0. The van der Waals surface area contributed by atoms with Crippen LogP contribution in [0.4, 0.5) is 0 Å². The molecule has 4 aliphatic carbocycles. The number of nitrogens with zero attached hydrogens (tertiary/aromatic N) is 2. The third-order valence-corrected chi connectivity index (χ3v) is 6.32. The molecule has 1 N–H and O–H groups in total. The summed E-state index contributed by atoms with van der Waals surface area (Å²) in [6, 6.07) is 5.64. The smallest absolute Gasteiger partial charge is 0.336 e. The third kappa shape index (κ3) is 3.72. The predicted molar refractivity (Wildman–Crippen MR) is 130 cm³/mol. The van der Waals surface area contributed by atoms with Crippen molar-refractivity contribution in [2.45, 2.75) is 12.3 Å². The number of benzene rings is 1. The second kappa shape index (κ2) is 8.10. The van der Waals surface area contributed by atoms with Gasteiger partial charge in [-0.05, 0) is 70.2 Å². The molecule has 162 valence electrons. The van der Waals surface area contributed by atoms with Crippen molar-refractivity contribution < 1.29 is 19.3 Å². The number of carbonyl (C=O) groups is 2. The Balaban J connectivity index is 1.43. The highest BCUT2D eigenvalue weighted by Gasteiger charge is 2.39. The zero-order chi connectivity index (χ0) is 23.1. The van der Waals surface area contributed by atoms with Crippen molar-refractivity contribution in [3.05, 3.63) is 112 Å². The van der Waals surface area contributed by atoms with E-state index in [1.165, 1.54) is 6.08 Å². The summed E-state index contributed by atoms with van der Waals surface area (Å²) in [5.41, 5.74) is 7.59. The molecule has 0 heterocycles. The summed E-state index contributed by atoms with van der Waals surface area (Å²) in [4.78, 5) is 29.2. The van der Waals surface area contributed by atoms with E-state index in [0.29, 0.717) is 12.0 Å². The van der Waals surface area contributed by atoms with E-state index in [0.717, 1.165) is 39.3 Å². The van der Waals surface area contributed by atoms with Crippen molar-refractivity contribution in [1.29, 1.82) is 0 Å². The molecule has 1 aromatic rings. The van der Waals surface area contributed by atoms with E-state index in [1.807, 2.05) is 68.9 Å². The van der Waals surface area contributed by atoms with Crippen LogP contribution >= 0.6 is 0 Å². The minimum atomic E-state index is -1.07. The van der Waals surface area contributed by atoms with Crippen molar-refractivity contribution in [3.63, 3.8) is 0 Å². The van der Waals surface area contributed by atoms with Crippen LogP contribution < -0.4 is 0 Å². The molecular formula is C28H23N2O3+. The molecule has 0 saturated heterocycles. The lowest BCUT2D eigenvalue weighted by molar-refractivity contribution is -0.462. The zero-order valence-corrected chi connectivity index (χ0v) is 18.4. The molecule has 0 amide bonds. The van der Waals surface area contributed by atoms with Crippen LogP contribution in [0.5, 0.6) is 0 Å². The van der Waals surface area contributed by atoms with E-state index in [9.17, 15) is 14.7 Å². The van der Waals surface area contributed by atoms with E-state index in [2.05, 4.69) is 21.7 Å². The Kier molecular flexibility index (Phi) is 5.09. The second-order valence-corrected chi connectivity index (χ2v) is 8.57. The molecule has 5 rings (SSSR count). The summed E-state index contributed by atoms with van der Waals surface area (Å²) in [5.74, 6) is -1.64. The Morgan fingerprint density at radius 1 is 1.06 bits per heavy atom. The summed E-state index contributed by atoms with van der Waals surface area (Å²) < 4.78 is 2.05. The maximum atomic E-state index is 12.9. The number of aliphatic imine (C=N–C) groups is 1. The molecule has 0 fully saturated rings. The van der Waals surface area contributed by atoms with Crippen LogP contribution in [-0.4, -0.2) is 47.0 Å². The first-order valence-corrected chi connectivity index (χ1v) is 10.8. The molecule has 5 nitrogen and oxygen atoms in total. The average molecular weight is 436 g/mol. The van der Waals surface area contributed by atoms with Crippen molar-refractivity contribution >= 4 is 28.7 Å². The zero-order valence-electron chi connectivity index (χ0n) is 18.4. The molecule has 4 aliphatic rings. The first kappa shape index (κ1) is 20.8. The quantitative estimate of drug-likeness (QED) is 0.715. The number of carboxylic acids is 1. The van der Waals surface area contributed by atoms with Gasteiger partial charge < -0.3 is 5.11 Å². The normalized spacial score (nSPS) is 20.3. The highest BCUT2D eigenvalue weighted by molar-refractivity contribution is 6.25. The van der Waals surface area contributed by atoms with Crippen LogP contribution in [0.25, 0.3) is 5.57 Å². The van der Waals surface area contributed by atoms with Gasteiger partial charge in [0, 0.05) is 18.4 Å². The lowest BCUT2D eigenvalue weighted by Crippen LogP contribution is -2.19. The Bertz CT molecular complexity index is 1350. The van der Waals surface area contributed by atoms with Crippen LogP contribution in [0.1, 0.15) is 22.6 Å². The van der Waals surface area contributed by atoms with E-state index in [1.54, 1.807) is 6.07 Å². The third-order valence-electron chi connectivity index (χ3n) is 6.32. The first-order chi connectivity index (χ1) is 15.9. The van der Waals surface area contributed by atoms with Gasteiger partial charge in [-0.1, -0.05) is 30.4 Å². The fraction of sp³-hybridized carbons (Fsp3) is 0.143. The van der Waals surface area contributed by atoms with Gasteiger partial charge >= 0.3 is 5.97 Å². The number of ketones is 1. The van der Waals surface area contributed by atoms with Crippen LogP contribution in [-0.2, 0) is 16.0 Å². The van der Waals surface area contributed by atoms with Crippen molar-refractivity contribution in [2.24, 2.45) is 4.99 Å². The minimum Gasteiger partial charge on any atom is -0.478 e. The number of aliphatic carboxylic acids is 1. The minimum absolute atomic E-state index is 0.0812. The number of carbonyl (C=O) groups excluding carboxylic acids is 1. The van der Waals surface area contributed by atoms with Crippen molar-refractivity contribution in [1.82, 2.24) is 0 Å². The van der Waals surface area contributed by atoms with Gasteiger partial charge in [0.15, 0.2) is 11.5 Å². The van der Waals surface area contributed by atoms with Crippen molar-refractivity contribution in [2.75, 3.05) is 14.1 Å². The van der Waals surface area contributed by atoms with E-state index < -0.39 is 11.9 Å². The molecule has 0 radical (unpaired) electrons. The maximum absolute atomic E-state index is 12.9. The van der Waals surface area contributed by atoms with Gasteiger partial charge in [-0.15, -0.1) is 0 Å². The fourth-order valence-electron chi connectivity index (χ4n) is 4.66. The molecule has 0 saturated carbocycles. The summed E-state index contributed by atoms with van der Waals surface area (Å²) in [6.07, 6.45) is 19.8. The van der Waals surface area contributed by atoms with Crippen molar-refractivity contribution in [3.8, 4) is 0 Å². The van der Waals surface area contributed by atoms with Crippen LogP contribution in [0.15, 0.2) is 101 Å². The van der Waals surface area contributed by atoms with Gasteiger partial charge in [-0.3, -0.25) is 9.79 Å². The molecule has 0 aromatic heterocycles. The van der Waals surface area contributed by atoms with Gasteiger partial charge in [0.05, 0.1) is 17.2 Å². The number of rotatable bonds is 2. The lowest BCUT2D eigenvalue weighted by Gasteiger charge is -2.21. The molecule has 33 heavy (non-hydrogen) atoms. The number of hydrogen-bond acceptors (Lipinski definition) is 3. The van der Waals surface area contributed by atoms with Gasteiger partial charge in [0.2, 0.25) is 0 Å². The van der Waals surface area contributed by atoms with E-state index >= 15 is 0 Å². The fourth-order valence-corrected chi connectivity index (χ4v) is 4.66. The maximum Gasteiger partial charge on any atom is 0.336 e. The highest BCUT2D eigenvalue weighted by Crippen LogP contribution is 2.47. The van der Waals surface area contributed by atoms with Gasteiger partial charge in [-0.25, -0.2) is 9.37 Å². The van der Waals surface area contributed by atoms with E-state index in [-0.39, 0.29) is 11.4 Å². The SMILES string of the molecule is C[N+](C)=C1C=CC(=CN=C2C=CC(=C3Cc4cccc5c4C3C(=O)C=C5C(=O)O)C=C2)C=C1. The topological polar surface area (TPSA) is 69.7 Å². The summed E-state index contributed by atoms with van der Waals surface area (Å²) in [7, 11) is 4.02. The molecule has 0 bridgehead atoms. The number of hydrogen-bond donors (Lipinski definition) is 1. The molecule has 0 spiro atoms. The molecule has 1 aromatic carbocycles. The molecule has 5 heteroatoms.